The van der Waals surface area contributed by atoms with Crippen LogP contribution in [0, 0.1) is 34.5 Å². The van der Waals surface area contributed by atoms with E-state index >= 15 is 0 Å². The molecule has 3 aliphatic carbocycles. The summed E-state index contributed by atoms with van der Waals surface area (Å²) in [5, 5.41) is 3.17. The van der Waals surface area contributed by atoms with Crippen LogP contribution in [0.15, 0.2) is 12.2 Å². The molecule has 0 radical (unpaired) electrons. The Hall–Kier alpha value is -0.790. The van der Waals surface area contributed by atoms with Crippen molar-refractivity contribution in [2.24, 2.45) is 34.5 Å². The number of amides is 1. The van der Waals surface area contributed by atoms with Crippen molar-refractivity contribution >= 4 is 5.91 Å². The monoisotopic (exact) mass is 287 g/mol. The molecule has 0 spiro atoms. The largest absolute Gasteiger partial charge is 0.356 e. The van der Waals surface area contributed by atoms with Crippen molar-refractivity contribution in [2.75, 3.05) is 6.54 Å². The van der Waals surface area contributed by atoms with E-state index in [9.17, 15) is 4.79 Å². The van der Waals surface area contributed by atoms with Gasteiger partial charge in [-0.25, -0.2) is 0 Å². The number of rotatable bonds is 0. The first-order valence-corrected chi connectivity index (χ1v) is 8.97. The first-order chi connectivity index (χ1) is 10.0. The van der Waals surface area contributed by atoms with Crippen LogP contribution in [0.25, 0.3) is 0 Å². The third-order valence-corrected chi connectivity index (χ3v) is 7.83. The van der Waals surface area contributed by atoms with Gasteiger partial charge in [-0.15, -0.1) is 0 Å². The normalized spacial score (nSPS) is 52.4. The molecule has 2 saturated carbocycles. The number of allylic oxidation sites excluding steroid dienone is 2. The standard InChI is InChI=1S/C19H29NO/c1-18-9-3-4-15(18)14-6-5-13-12-20-17(21)8-11-19(13,2)16(14)7-10-18/h3,9,13-16H,4-8,10-12H2,1-2H3,(H,20,21). The van der Waals surface area contributed by atoms with E-state index in [1.165, 1.54) is 32.1 Å². The Morgan fingerprint density at radius 3 is 2.86 bits per heavy atom. The quantitative estimate of drug-likeness (QED) is 0.672. The summed E-state index contributed by atoms with van der Waals surface area (Å²) < 4.78 is 0. The molecular formula is C19H29NO. The van der Waals surface area contributed by atoms with Gasteiger partial charge in [0.05, 0.1) is 0 Å². The highest BCUT2D eigenvalue weighted by Crippen LogP contribution is 2.63. The molecule has 6 atom stereocenters. The number of carbonyl (C=O) groups excluding carboxylic acids is 1. The van der Waals surface area contributed by atoms with Crippen molar-refractivity contribution in [1.82, 2.24) is 5.32 Å². The molecule has 0 bridgehead atoms. The van der Waals surface area contributed by atoms with Gasteiger partial charge >= 0.3 is 0 Å². The lowest BCUT2D eigenvalue weighted by atomic mass is 9.47. The highest BCUT2D eigenvalue weighted by molar-refractivity contribution is 5.76. The molecule has 0 aromatic heterocycles. The molecule has 4 rings (SSSR count). The Kier molecular flexibility index (Phi) is 3.03. The maximum absolute atomic E-state index is 11.8. The maximum Gasteiger partial charge on any atom is 0.220 e. The van der Waals surface area contributed by atoms with Crippen LogP contribution in [0.1, 0.15) is 58.8 Å². The third-order valence-electron chi connectivity index (χ3n) is 7.83. The smallest absolute Gasteiger partial charge is 0.220 e. The average Bonchev–Trinajstić information content (AvgIpc) is 2.79. The molecule has 2 nitrogen and oxygen atoms in total. The zero-order chi connectivity index (χ0) is 14.7. The van der Waals surface area contributed by atoms with Crippen molar-refractivity contribution in [3.63, 3.8) is 0 Å². The summed E-state index contributed by atoms with van der Waals surface area (Å²) in [5.41, 5.74) is 0.870. The van der Waals surface area contributed by atoms with Gasteiger partial charge < -0.3 is 5.32 Å². The van der Waals surface area contributed by atoms with E-state index in [1.54, 1.807) is 0 Å². The van der Waals surface area contributed by atoms with Gasteiger partial charge in [-0.3, -0.25) is 4.79 Å². The van der Waals surface area contributed by atoms with Crippen LogP contribution in [-0.2, 0) is 4.79 Å². The van der Waals surface area contributed by atoms with Gasteiger partial charge in [0.2, 0.25) is 5.91 Å². The molecule has 1 saturated heterocycles. The van der Waals surface area contributed by atoms with Gasteiger partial charge in [0, 0.05) is 13.0 Å². The van der Waals surface area contributed by atoms with E-state index in [0.717, 1.165) is 37.1 Å². The lowest BCUT2D eigenvalue weighted by molar-refractivity contribution is -0.121. The highest BCUT2D eigenvalue weighted by atomic mass is 16.1. The average molecular weight is 287 g/mol. The summed E-state index contributed by atoms with van der Waals surface area (Å²) in [4.78, 5) is 11.8. The minimum Gasteiger partial charge on any atom is -0.356 e. The molecule has 0 aromatic rings. The van der Waals surface area contributed by atoms with Gasteiger partial charge in [0.1, 0.15) is 0 Å². The molecule has 0 aromatic carbocycles. The molecule has 6 unspecified atom stereocenters. The highest BCUT2D eigenvalue weighted by Gasteiger charge is 2.56. The lowest BCUT2D eigenvalue weighted by Crippen LogP contribution is -2.51. The predicted molar refractivity (Wildman–Crippen MR) is 84.6 cm³/mol. The predicted octanol–water partition coefficient (Wildman–Crippen LogP) is 3.92. The number of hydrogen-bond donors (Lipinski definition) is 1. The van der Waals surface area contributed by atoms with E-state index in [4.69, 9.17) is 0 Å². The summed E-state index contributed by atoms with van der Waals surface area (Å²) >= 11 is 0. The van der Waals surface area contributed by atoms with Gasteiger partial charge in [-0.2, -0.15) is 0 Å². The summed E-state index contributed by atoms with van der Waals surface area (Å²) in [6.45, 7) is 5.93. The maximum atomic E-state index is 11.8. The SMILES string of the molecule is CC12C=CCC1C1CCC3CNC(=O)CCC3(C)C1CC2. The topological polar surface area (TPSA) is 29.1 Å². The van der Waals surface area contributed by atoms with E-state index in [-0.39, 0.29) is 5.91 Å². The van der Waals surface area contributed by atoms with E-state index in [0.29, 0.717) is 16.7 Å². The summed E-state index contributed by atoms with van der Waals surface area (Å²) in [6, 6.07) is 0. The molecule has 3 fully saturated rings. The third kappa shape index (κ3) is 1.94. The van der Waals surface area contributed by atoms with Gasteiger partial charge in [-0.1, -0.05) is 26.0 Å². The van der Waals surface area contributed by atoms with Crippen LogP contribution in [0.3, 0.4) is 0 Å². The fourth-order valence-corrected chi connectivity index (χ4v) is 6.45. The molecule has 2 heteroatoms. The first-order valence-electron chi connectivity index (χ1n) is 8.97. The second-order valence-corrected chi connectivity index (χ2v) is 8.64. The Bertz CT molecular complexity index is 484. The molecule has 116 valence electrons. The number of nitrogens with one attached hydrogen (secondary N) is 1. The van der Waals surface area contributed by atoms with Crippen LogP contribution in [-0.4, -0.2) is 12.5 Å². The molecule has 4 aliphatic rings. The minimum atomic E-state index is 0.283. The van der Waals surface area contributed by atoms with Crippen molar-refractivity contribution in [3.8, 4) is 0 Å². The van der Waals surface area contributed by atoms with Crippen LogP contribution < -0.4 is 5.32 Å². The van der Waals surface area contributed by atoms with Crippen LogP contribution in [0.4, 0.5) is 0 Å². The van der Waals surface area contributed by atoms with Crippen LogP contribution in [0.5, 0.6) is 0 Å². The number of hydrogen-bond acceptors (Lipinski definition) is 1. The summed E-state index contributed by atoms with van der Waals surface area (Å²) in [7, 11) is 0. The fraction of sp³-hybridized carbons (Fsp3) is 0.842. The second-order valence-electron chi connectivity index (χ2n) is 8.64. The zero-order valence-electron chi connectivity index (χ0n) is 13.5. The van der Waals surface area contributed by atoms with Crippen molar-refractivity contribution < 1.29 is 4.79 Å². The fourth-order valence-electron chi connectivity index (χ4n) is 6.45. The van der Waals surface area contributed by atoms with Crippen LogP contribution in [0.2, 0.25) is 0 Å². The van der Waals surface area contributed by atoms with Crippen LogP contribution >= 0.6 is 0 Å². The van der Waals surface area contributed by atoms with Gasteiger partial charge in [0.25, 0.3) is 0 Å². The van der Waals surface area contributed by atoms with Gasteiger partial charge in [-0.05, 0) is 73.0 Å². The zero-order valence-corrected chi connectivity index (χ0v) is 13.5. The number of fused-ring (bicyclic) bond motifs is 5. The van der Waals surface area contributed by atoms with Crippen molar-refractivity contribution in [3.05, 3.63) is 12.2 Å². The Labute approximate surface area is 128 Å². The molecule has 21 heavy (non-hydrogen) atoms. The summed E-state index contributed by atoms with van der Waals surface area (Å²) in [6.07, 6.45) is 13.6. The lowest BCUT2D eigenvalue weighted by Gasteiger charge is -2.58. The Balaban J connectivity index is 1.64. The van der Waals surface area contributed by atoms with E-state index in [2.05, 4.69) is 31.3 Å². The molecule has 1 aliphatic heterocycles. The first kappa shape index (κ1) is 13.8. The van der Waals surface area contributed by atoms with Crippen molar-refractivity contribution in [2.45, 2.75) is 58.8 Å². The minimum absolute atomic E-state index is 0.283. The molecule has 1 N–H and O–H groups in total. The van der Waals surface area contributed by atoms with E-state index < -0.39 is 0 Å². The number of carbonyl (C=O) groups is 1. The molecule has 1 heterocycles. The summed E-state index contributed by atoms with van der Waals surface area (Å²) in [5.74, 6) is 3.62. The van der Waals surface area contributed by atoms with Gasteiger partial charge in [0.15, 0.2) is 0 Å². The Morgan fingerprint density at radius 2 is 2.00 bits per heavy atom. The molecule has 1 amide bonds. The van der Waals surface area contributed by atoms with Crippen molar-refractivity contribution in [1.29, 1.82) is 0 Å². The second kappa shape index (κ2) is 4.60. The Morgan fingerprint density at radius 1 is 1.14 bits per heavy atom. The molecular weight excluding hydrogens is 258 g/mol. The van der Waals surface area contributed by atoms with E-state index in [1.807, 2.05) is 0 Å².